The third kappa shape index (κ3) is 6.42. The first-order valence-electron chi connectivity index (χ1n) is 8.82. The Kier molecular flexibility index (Phi) is 6.89. The smallest absolute Gasteiger partial charge is 0.244 e. The van der Waals surface area contributed by atoms with Gasteiger partial charge in [-0.1, -0.05) is 12.1 Å². The lowest BCUT2D eigenvalue weighted by molar-refractivity contribution is -0.116. The highest BCUT2D eigenvalue weighted by atomic mass is 19.1. The number of pyridine rings is 1. The average Bonchev–Trinajstić information content (AvgIpc) is 2.72. The van der Waals surface area contributed by atoms with Crippen molar-refractivity contribution in [1.82, 2.24) is 10.3 Å². The summed E-state index contributed by atoms with van der Waals surface area (Å²) in [6.45, 7) is 0.435. The zero-order chi connectivity index (χ0) is 20.5. The average molecular weight is 396 g/mol. The van der Waals surface area contributed by atoms with Crippen molar-refractivity contribution in [1.29, 1.82) is 0 Å². The largest absolute Gasteiger partial charge is 0.492 e. The zero-order valence-corrected chi connectivity index (χ0v) is 15.3. The molecule has 2 aromatic carbocycles. The van der Waals surface area contributed by atoms with E-state index in [0.29, 0.717) is 17.1 Å². The number of aromatic nitrogens is 1. The first kappa shape index (κ1) is 20.0. The minimum atomic E-state index is -0.556. The van der Waals surface area contributed by atoms with E-state index in [0.717, 1.165) is 0 Å². The van der Waals surface area contributed by atoms with E-state index in [4.69, 9.17) is 9.47 Å². The fourth-order valence-electron chi connectivity index (χ4n) is 2.37. The van der Waals surface area contributed by atoms with E-state index in [1.807, 2.05) is 0 Å². The lowest BCUT2D eigenvalue weighted by Gasteiger charge is -2.07. The van der Waals surface area contributed by atoms with Gasteiger partial charge >= 0.3 is 0 Å². The number of ether oxygens (including phenoxy) is 2. The summed E-state index contributed by atoms with van der Waals surface area (Å²) < 4.78 is 38.0. The molecule has 0 aliphatic rings. The van der Waals surface area contributed by atoms with Crippen LogP contribution < -0.4 is 14.8 Å². The third-order valence-corrected chi connectivity index (χ3v) is 3.71. The van der Waals surface area contributed by atoms with Crippen LogP contribution >= 0.6 is 0 Å². The first-order chi connectivity index (χ1) is 14.1. The fraction of sp³-hybridized carbons (Fsp3) is 0.0909. The Morgan fingerprint density at radius 3 is 2.69 bits per heavy atom. The molecule has 0 aliphatic heterocycles. The molecule has 0 saturated heterocycles. The summed E-state index contributed by atoms with van der Waals surface area (Å²) in [5, 5.41) is 2.63. The number of nitrogens with one attached hydrogen (secondary N) is 1. The molecule has 3 aromatic rings. The van der Waals surface area contributed by atoms with E-state index < -0.39 is 11.6 Å². The van der Waals surface area contributed by atoms with Crippen molar-refractivity contribution in [2.45, 2.75) is 0 Å². The first-order valence-corrected chi connectivity index (χ1v) is 8.82. The molecule has 29 heavy (non-hydrogen) atoms. The molecule has 0 radical (unpaired) electrons. The zero-order valence-electron chi connectivity index (χ0n) is 15.3. The third-order valence-electron chi connectivity index (χ3n) is 3.71. The van der Waals surface area contributed by atoms with Gasteiger partial charge in [0.25, 0.3) is 0 Å². The van der Waals surface area contributed by atoms with Crippen LogP contribution in [0.3, 0.4) is 0 Å². The molecular weight excluding hydrogens is 378 g/mol. The van der Waals surface area contributed by atoms with Crippen LogP contribution in [-0.2, 0) is 4.79 Å². The van der Waals surface area contributed by atoms with Gasteiger partial charge in [-0.2, -0.15) is 0 Å². The van der Waals surface area contributed by atoms with Gasteiger partial charge in [-0.15, -0.1) is 0 Å². The fourth-order valence-corrected chi connectivity index (χ4v) is 2.37. The molecule has 7 heteroatoms. The number of rotatable bonds is 8. The Morgan fingerprint density at radius 1 is 1.07 bits per heavy atom. The van der Waals surface area contributed by atoms with Gasteiger partial charge in [0.2, 0.25) is 5.91 Å². The van der Waals surface area contributed by atoms with Crippen LogP contribution in [0.4, 0.5) is 8.78 Å². The molecule has 3 rings (SSSR count). The molecule has 0 bridgehead atoms. The van der Waals surface area contributed by atoms with Crippen molar-refractivity contribution in [2.75, 3.05) is 13.2 Å². The quantitative estimate of drug-likeness (QED) is 0.454. The van der Waals surface area contributed by atoms with Crippen LogP contribution in [0.1, 0.15) is 5.56 Å². The minimum absolute atomic E-state index is 0.0640. The standard InChI is InChI=1S/C22H18F2N2O3/c23-17-3-1-4-18(14-17)28-12-11-26-22(27)9-7-16-6-8-21(20(24)13-16)29-19-5-2-10-25-15-19/h1-10,13-15H,11-12H2,(H,26,27)/b9-7+. The van der Waals surface area contributed by atoms with Crippen LogP contribution in [0.2, 0.25) is 0 Å². The number of halogens is 2. The summed E-state index contributed by atoms with van der Waals surface area (Å²) in [6, 6.07) is 13.5. The van der Waals surface area contributed by atoms with E-state index in [-0.39, 0.29) is 24.8 Å². The highest BCUT2D eigenvalue weighted by molar-refractivity contribution is 5.91. The van der Waals surface area contributed by atoms with Crippen LogP contribution in [0.15, 0.2) is 73.1 Å². The Labute approximate surface area is 166 Å². The minimum Gasteiger partial charge on any atom is -0.492 e. The summed E-state index contributed by atoms with van der Waals surface area (Å²) >= 11 is 0. The molecule has 0 spiro atoms. The maximum atomic E-state index is 14.2. The number of amides is 1. The van der Waals surface area contributed by atoms with Gasteiger partial charge in [0.15, 0.2) is 11.6 Å². The van der Waals surface area contributed by atoms with Gasteiger partial charge in [0.05, 0.1) is 12.7 Å². The van der Waals surface area contributed by atoms with Gasteiger partial charge < -0.3 is 14.8 Å². The van der Waals surface area contributed by atoms with Crippen molar-refractivity contribution < 1.29 is 23.0 Å². The maximum absolute atomic E-state index is 14.2. The van der Waals surface area contributed by atoms with Gasteiger partial charge in [-0.25, -0.2) is 8.78 Å². The monoisotopic (exact) mass is 396 g/mol. The molecule has 0 saturated carbocycles. The molecule has 1 N–H and O–H groups in total. The highest BCUT2D eigenvalue weighted by Crippen LogP contribution is 2.24. The number of carbonyl (C=O) groups is 1. The normalized spacial score (nSPS) is 10.7. The molecule has 1 amide bonds. The van der Waals surface area contributed by atoms with E-state index in [2.05, 4.69) is 10.3 Å². The summed E-state index contributed by atoms with van der Waals surface area (Å²) in [5.74, 6) is -0.426. The molecular formula is C22H18F2N2O3. The van der Waals surface area contributed by atoms with Gasteiger partial charge in [0.1, 0.15) is 23.9 Å². The van der Waals surface area contributed by atoms with E-state index in [1.54, 1.807) is 30.5 Å². The summed E-state index contributed by atoms with van der Waals surface area (Å²) in [4.78, 5) is 15.7. The van der Waals surface area contributed by atoms with Crippen molar-refractivity contribution in [3.63, 3.8) is 0 Å². The number of hydrogen-bond acceptors (Lipinski definition) is 4. The molecule has 0 atom stereocenters. The van der Waals surface area contributed by atoms with Gasteiger partial charge in [-0.05, 0) is 48.0 Å². The topological polar surface area (TPSA) is 60.5 Å². The molecule has 1 aromatic heterocycles. The number of benzene rings is 2. The summed E-state index contributed by atoms with van der Waals surface area (Å²) in [7, 11) is 0. The predicted molar refractivity (Wildman–Crippen MR) is 105 cm³/mol. The van der Waals surface area contributed by atoms with E-state index >= 15 is 0 Å². The second kappa shape index (κ2) is 9.98. The summed E-state index contributed by atoms with van der Waals surface area (Å²) in [6.07, 6.45) is 5.85. The number of carbonyl (C=O) groups excluding carboxylic acids is 1. The number of nitrogens with zero attached hydrogens (tertiary/aromatic N) is 1. The maximum Gasteiger partial charge on any atom is 0.244 e. The Morgan fingerprint density at radius 2 is 1.93 bits per heavy atom. The molecule has 0 unspecified atom stereocenters. The summed E-state index contributed by atoms with van der Waals surface area (Å²) in [5.41, 5.74) is 0.507. The van der Waals surface area contributed by atoms with Gasteiger partial charge in [0, 0.05) is 18.3 Å². The van der Waals surface area contributed by atoms with Crippen LogP contribution in [-0.4, -0.2) is 24.0 Å². The van der Waals surface area contributed by atoms with Crippen molar-refractivity contribution in [3.05, 3.63) is 90.3 Å². The van der Waals surface area contributed by atoms with Crippen LogP contribution in [0.5, 0.6) is 17.2 Å². The number of hydrogen-bond donors (Lipinski definition) is 1. The Hall–Kier alpha value is -3.74. The second-order valence-electron chi connectivity index (χ2n) is 5.91. The Bertz CT molecular complexity index is 994. The lowest BCUT2D eigenvalue weighted by Crippen LogP contribution is -2.26. The molecule has 0 aliphatic carbocycles. The van der Waals surface area contributed by atoms with Crippen molar-refractivity contribution in [3.8, 4) is 17.2 Å². The van der Waals surface area contributed by atoms with Gasteiger partial charge in [-0.3, -0.25) is 9.78 Å². The highest BCUT2D eigenvalue weighted by Gasteiger charge is 2.06. The molecule has 1 heterocycles. The van der Waals surface area contributed by atoms with Crippen molar-refractivity contribution in [2.24, 2.45) is 0 Å². The van der Waals surface area contributed by atoms with E-state index in [9.17, 15) is 13.6 Å². The molecule has 148 valence electrons. The van der Waals surface area contributed by atoms with E-state index in [1.165, 1.54) is 48.7 Å². The lowest BCUT2D eigenvalue weighted by atomic mass is 10.2. The Balaban J connectivity index is 1.46. The SMILES string of the molecule is O=C(/C=C/c1ccc(Oc2cccnc2)c(F)c1)NCCOc1cccc(F)c1. The van der Waals surface area contributed by atoms with Crippen LogP contribution in [0.25, 0.3) is 6.08 Å². The van der Waals surface area contributed by atoms with Crippen molar-refractivity contribution >= 4 is 12.0 Å². The molecule has 5 nitrogen and oxygen atoms in total. The van der Waals surface area contributed by atoms with Crippen LogP contribution in [0, 0.1) is 11.6 Å². The predicted octanol–water partition coefficient (Wildman–Crippen LogP) is 4.36. The second-order valence-corrected chi connectivity index (χ2v) is 5.91. The molecule has 0 fully saturated rings.